The van der Waals surface area contributed by atoms with Gasteiger partial charge in [0.05, 0.1) is 7.11 Å². The van der Waals surface area contributed by atoms with E-state index in [1.165, 1.54) is 0 Å². The number of ether oxygens (including phenoxy) is 2. The number of methoxy groups -OCH3 is 1. The van der Waals surface area contributed by atoms with Crippen LogP contribution in [0.5, 0.6) is 11.5 Å². The van der Waals surface area contributed by atoms with Crippen LogP contribution in [-0.2, 0) is 21.4 Å². The molecule has 4 rings (SSSR count). The average Bonchev–Trinajstić information content (AvgIpc) is 2.94. The van der Waals surface area contributed by atoms with E-state index in [-0.39, 0.29) is 23.2 Å². The van der Waals surface area contributed by atoms with Crippen LogP contribution >= 0.6 is 0 Å². The lowest BCUT2D eigenvalue weighted by Crippen LogP contribution is -2.41. The molecule has 1 N–H and O–H groups in total. The molecule has 0 amide bonds. The van der Waals surface area contributed by atoms with Gasteiger partial charge in [-0.2, -0.15) is 0 Å². The molecule has 4 nitrogen and oxygen atoms in total. The number of hydrogen-bond donors (Lipinski definition) is 1. The number of phenols is 1. The van der Waals surface area contributed by atoms with Gasteiger partial charge in [0.1, 0.15) is 18.1 Å². The Balaban J connectivity index is 1.90. The lowest BCUT2D eigenvalue weighted by molar-refractivity contribution is -0.136. The second-order valence-electron chi connectivity index (χ2n) is 8.12. The third-order valence-corrected chi connectivity index (χ3v) is 6.54. The summed E-state index contributed by atoms with van der Waals surface area (Å²) < 4.78 is 11.1. The summed E-state index contributed by atoms with van der Waals surface area (Å²) >= 11 is 0. The van der Waals surface area contributed by atoms with Crippen LogP contribution in [-0.4, -0.2) is 24.8 Å². The van der Waals surface area contributed by atoms with Crippen molar-refractivity contribution in [2.75, 3.05) is 13.7 Å². The quantitative estimate of drug-likeness (QED) is 0.826. The Morgan fingerprint density at radius 3 is 2.80 bits per heavy atom. The molecule has 25 heavy (non-hydrogen) atoms. The first kappa shape index (κ1) is 16.5. The van der Waals surface area contributed by atoms with Gasteiger partial charge in [-0.1, -0.05) is 20.8 Å². The lowest BCUT2D eigenvalue weighted by Gasteiger charge is -2.47. The van der Waals surface area contributed by atoms with E-state index >= 15 is 0 Å². The molecular weight excluding hydrogens is 316 g/mol. The summed E-state index contributed by atoms with van der Waals surface area (Å²) in [5.74, 6) is 1.72. The lowest BCUT2D eigenvalue weighted by atomic mass is 9.56. The third-order valence-electron chi connectivity index (χ3n) is 6.54. The largest absolute Gasteiger partial charge is 0.508 e. The summed E-state index contributed by atoms with van der Waals surface area (Å²) in [6.07, 6.45) is 3.42. The Labute approximate surface area is 148 Å². The number of aromatic hydroxyl groups is 1. The van der Waals surface area contributed by atoms with E-state index in [0.717, 1.165) is 59.3 Å². The van der Waals surface area contributed by atoms with Gasteiger partial charge in [-0.25, -0.2) is 4.79 Å². The minimum Gasteiger partial charge on any atom is -0.508 e. The van der Waals surface area contributed by atoms with Crippen LogP contribution in [0.15, 0.2) is 17.2 Å². The van der Waals surface area contributed by atoms with Crippen molar-refractivity contribution in [3.05, 3.63) is 33.9 Å². The van der Waals surface area contributed by atoms with Crippen LogP contribution in [0.3, 0.4) is 0 Å². The van der Waals surface area contributed by atoms with Crippen LogP contribution in [0.4, 0.5) is 0 Å². The Hall–Kier alpha value is -1.97. The van der Waals surface area contributed by atoms with Gasteiger partial charge in [-0.05, 0) is 49.2 Å². The van der Waals surface area contributed by atoms with Gasteiger partial charge in [0.25, 0.3) is 0 Å². The fourth-order valence-electron chi connectivity index (χ4n) is 5.32. The van der Waals surface area contributed by atoms with Crippen molar-refractivity contribution in [1.29, 1.82) is 0 Å². The first-order valence-corrected chi connectivity index (χ1v) is 9.20. The fourth-order valence-corrected chi connectivity index (χ4v) is 5.32. The first-order chi connectivity index (χ1) is 11.9. The van der Waals surface area contributed by atoms with E-state index in [1.54, 1.807) is 7.11 Å². The van der Waals surface area contributed by atoms with E-state index in [0.29, 0.717) is 12.4 Å². The number of phenolic OH excluding ortho intramolecular Hbond substituents is 1. The molecule has 0 aromatic heterocycles. The zero-order valence-corrected chi connectivity index (χ0v) is 15.4. The van der Waals surface area contributed by atoms with Gasteiger partial charge in [0, 0.05) is 27.7 Å². The molecule has 0 bridgehead atoms. The Morgan fingerprint density at radius 2 is 2.12 bits per heavy atom. The zero-order valence-electron chi connectivity index (χ0n) is 15.4. The number of carbonyl (C=O) groups is 1. The summed E-state index contributed by atoms with van der Waals surface area (Å²) in [6, 6.07) is 1.89. The minimum atomic E-state index is -0.173. The fraction of sp³-hybridized carbons (Fsp3) is 0.571. The number of cyclic esters (lactones) is 1. The standard InChI is InChI=1S/C21H26O4/c1-11(2)14-9-17(22)18-13(19(14)24-4)5-6-16-15-10-25-20(23)12(15)7-8-21(16,18)3/h9,11,16,22H,5-8,10H2,1-4H3/t16-,21?/m0/s1. The molecule has 0 fully saturated rings. The van der Waals surface area contributed by atoms with Crippen molar-refractivity contribution in [2.24, 2.45) is 5.92 Å². The monoisotopic (exact) mass is 342 g/mol. The maximum Gasteiger partial charge on any atom is 0.334 e. The highest BCUT2D eigenvalue weighted by Crippen LogP contribution is 2.57. The first-order valence-electron chi connectivity index (χ1n) is 9.20. The molecule has 1 unspecified atom stereocenters. The molecule has 1 aromatic rings. The Kier molecular flexibility index (Phi) is 3.64. The summed E-state index contributed by atoms with van der Waals surface area (Å²) in [6.45, 7) is 6.90. The van der Waals surface area contributed by atoms with Crippen molar-refractivity contribution >= 4 is 5.97 Å². The van der Waals surface area contributed by atoms with Gasteiger partial charge < -0.3 is 14.6 Å². The van der Waals surface area contributed by atoms with Crippen molar-refractivity contribution in [3.8, 4) is 11.5 Å². The summed E-state index contributed by atoms with van der Waals surface area (Å²) in [5, 5.41) is 10.9. The molecule has 0 saturated heterocycles. The highest BCUT2D eigenvalue weighted by Gasteiger charge is 2.50. The smallest absolute Gasteiger partial charge is 0.334 e. The van der Waals surface area contributed by atoms with E-state index in [1.807, 2.05) is 6.07 Å². The highest BCUT2D eigenvalue weighted by molar-refractivity contribution is 5.92. The molecule has 1 aliphatic heterocycles. The molecule has 2 aliphatic carbocycles. The van der Waals surface area contributed by atoms with E-state index in [2.05, 4.69) is 20.8 Å². The molecular formula is C21H26O4. The summed E-state index contributed by atoms with van der Waals surface area (Å²) in [5.41, 5.74) is 5.12. The van der Waals surface area contributed by atoms with E-state index < -0.39 is 0 Å². The number of fused-ring (bicyclic) bond motifs is 4. The Morgan fingerprint density at radius 1 is 1.36 bits per heavy atom. The zero-order chi connectivity index (χ0) is 17.9. The van der Waals surface area contributed by atoms with Gasteiger partial charge in [0.2, 0.25) is 0 Å². The van der Waals surface area contributed by atoms with Gasteiger partial charge in [-0.3, -0.25) is 0 Å². The molecule has 0 radical (unpaired) electrons. The second kappa shape index (κ2) is 5.52. The molecule has 0 spiro atoms. The molecule has 0 saturated carbocycles. The van der Waals surface area contributed by atoms with Crippen molar-refractivity contribution in [1.82, 2.24) is 0 Å². The molecule has 134 valence electrons. The van der Waals surface area contributed by atoms with Crippen molar-refractivity contribution in [2.45, 2.75) is 57.8 Å². The SMILES string of the molecule is COc1c(C(C)C)cc(O)c2c1CC[C@H]1C3=C(CCC21C)C(=O)OC3. The van der Waals surface area contributed by atoms with Crippen molar-refractivity contribution < 1.29 is 19.4 Å². The molecule has 1 aromatic carbocycles. The van der Waals surface area contributed by atoms with Gasteiger partial charge >= 0.3 is 5.97 Å². The minimum absolute atomic E-state index is 0.139. The van der Waals surface area contributed by atoms with Crippen LogP contribution in [0.25, 0.3) is 0 Å². The molecule has 3 aliphatic rings. The van der Waals surface area contributed by atoms with Crippen LogP contribution < -0.4 is 4.74 Å². The maximum absolute atomic E-state index is 12.0. The molecule has 1 heterocycles. The molecule has 2 atom stereocenters. The number of carbonyl (C=O) groups excluding carboxylic acids is 1. The van der Waals surface area contributed by atoms with Crippen molar-refractivity contribution in [3.63, 3.8) is 0 Å². The maximum atomic E-state index is 12.0. The predicted molar refractivity (Wildman–Crippen MR) is 95.1 cm³/mol. The number of rotatable bonds is 2. The molecule has 4 heteroatoms. The van der Waals surface area contributed by atoms with Crippen LogP contribution in [0.1, 0.15) is 62.6 Å². The third kappa shape index (κ3) is 2.16. The topological polar surface area (TPSA) is 55.8 Å². The van der Waals surface area contributed by atoms with Crippen LogP contribution in [0.2, 0.25) is 0 Å². The van der Waals surface area contributed by atoms with Gasteiger partial charge in [-0.15, -0.1) is 0 Å². The summed E-state index contributed by atoms with van der Waals surface area (Å²) in [7, 11) is 1.72. The highest BCUT2D eigenvalue weighted by atomic mass is 16.5. The normalized spacial score (nSPS) is 27.7. The predicted octanol–water partition coefficient (Wildman–Crippen LogP) is 3.99. The number of hydrogen-bond acceptors (Lipinski definition) is 4. The van der Waals surface area contributed by atoms with Gasteiger partial charge in [0.15, 0.2) is 0 Å². The van der Waals surface area contributed by atoms with E-state index in [4.69, 9.17) is 9.47 Å². The van der Waals surface area contributed by atoms with E-state index in [9.17, 15) is 9.90 Å². The number of benzene rings is 1. The summed E-state index contributed by atoms with van der Waals surface area (Å²) in [4.78, 5) is 12.0. The Bertz CT molecular complexity index is 790. The average molecular weight is 342 g/mol. The van der Waals surface area contributed by atoms with Crippen LogP contribution in [0, 0.1) is 5.92 Å². The second-order valence-corrected chi connectivity index (χ2v) is 8.12. The number of esters is 1.